The average molecular weight is 311 g/mol. The Morgan fingerprint density at radius 3 is 3.00 bits per heavy atom. The lowest BCUT2D eigenvalue weighted by atomic mass is 9.95. The fourth-order valence-corrected chi connectivity index (χ4v) is 3.93. The molecular formula is C14H25N5OS. The van der Waals surface area contributed by atoms with Gasteiger partial charge in [-0.05, 0) is 25.5 Å². The molecule has 2 N–H and O–H groups in total. The van der Waals surface area contributed by atoms with Crippen molar-refractivity contribution in [2.75, 3.05) is 5.75 Å². The SMILES string of the molecule is CCS[C@H]1CCCC[C@@H]1NC(=O)NCc1nncn1CC. The Labute approximate surface area is 130 Å². The van der Waals surface area contributed by atoms with E-state index in [1.165, 1.54) is 19.3 Å². The van der Waals surface area contributed by atoms with Gasteiger partial charge in [-0.25, -0.2) is 4.79 Å². The summed E-state index contributed by atoms with van der Waals surface area (Å²) in [6.45, 7) is 5.43. The predicted octanol–water partition coefficient (Wildman–Crippen LogP) is 2.16. The minimum atomic E-state index is -0.103. The molecule has 0 saturated heterocycles. The molecule has 0 radical (unpaired) electrons. The van der Waals surface area contributed by atoms with Crippen LogP contribution in [0.1, 0.15) is 45.4 Å². The molecule has 1 aliphatic rings. The summed E-state index contributed by atoms with van der Waals surface area (Å²) in [6, 6.07) is 0.182. The summed E-state index contributed by atoms with van der Waals surface area (Å²) in [5.74, 6) is 1.89. The monoisotopic (exact) mass is 311 g/mol. The van der Waals surface area contributed by atoms with Crippen molar-refractivity contribution < 1.29 is 4.79 Å². The normalized spacial score (nSPS) is 22.0. The fourth-order valence-electron chi connectivity index (χ4n) is 2.73. The van der Waals surface area contributed by atoms with Gasteiger partial charge in [-0.2, -0.15) is 11.8 Å². The Hall–Kier alpha value is -1.24. The Balaban J connectivity index is 1.80. The first kappa shape index (κ1) is 16.1. The number of urea groups is 1. The molecule has 118 valence electrons. The molecule has 1 aromatic rings. The highest BCUT2D eigenvalue weighted by atomic mass is 32.2. The van der Waals surface area contributed by atoms with Crippen LogP contribution in [0.2, 0.25) is 0 Å². The first-order valence-electron chi connectivity index (χ1n) is 7.77. The van der Waals surface area contributed by atoms with Gasteiger partial charge >= 0.3 is 6.03 Å². The standard InChI is InChI=1S/C14H25N5OS/c1-3-19-10-16-18-13(19)9-15-14(20)17-11-7-5-6-8-12(11)21-4-2/h10-12H,3-9H2,1-2H3,(H2,15,17,20)/t11-,12-/m0/s1. The first-order chi connectivity index (χ1) is 10.2. The number of hydrogen-bond donors (Lipinski definition) is 2. The number of thioether (sulfide) groups is 1. The van der Waals surface area contributed by atoms with Crippen LogP contribution in [-0.4, -0.2) is 37.8 Å². The van der Waals surface area contributed by atoms with Crippen LogP contribution in [0, 0.1) is 0 Å². The van der Waals surface area contributed by atoms with Gasteiger partial charge < -0.3 is 15.2 Å². The minimum Gasteiger partial charge on any atom is -0.334 e. The number of carbonyl (C=O) groups excluding carboxylic acids is 1. The van der Waals surface area contributed by atoms with E-state index in [1.54, 1.807) is 6.33 Å². The third-order valence-corrected chi connectivity index (χ3v) is 5.17. The van der Waals surface area contributed by atoms with E-state index in [2.05, 4.69) is 27.8 Å². The Morgan fingerprint density at radius 2 is 2.24 bits per heavy atom. The number of carbonyl (C=O) groups is 1. The zero-order valence-electron chi connectivity index (χ0n) is 12.8. The van der Waals surface area contributed by atoms with E-state index < -0.39 is 0 Å². The van der Waals surface area contributed by atoms with E-state index in [-0.39, 0.29) is 12.1 Å². The second-order valence-corrected chi connectivity index (χ2v) is 6.76. The molecule has 1 saturated carbocycles. The molecule has 0 bridgehead atoms. The highest BCUT2D eigenvalue weighted by molar-refractivity contribution is 7.99. The molecule has 1 aliphatic carbocycles. The number of amides is 2. The van der Waals surface area contributed by atoms with Crippen LogP contribution in [0.5, 0.6) is 0 Å². The van der Waals surface area contributed by atoms with Crippen LogP contribution in [-0.2, 0) is 13.1 Å². The molecule has 0 aromatic carbocycles. The number of aryl methyl sites for hydroxylation is 1. The van der Waals surface area contributed by atoms with Crippen LogP contribution in [0.4, 0.5) is 4.79 Å². The van der Waals surface area contributed by atoms with Crippen LogP contribution in [0.3, 0.4) is 0 Å². The van der Waals surface area contributed by atoms with Crippen molar-refractivity contribution in [3.05, 3.63) is 12.2 Å². The molecule has 2 atom stereocenters. The molecule has 1 heterocycles. The van der Waals surface area contributed by atoms with E-state index in [0.29, 0.717) is 11.8 Å². The lowest BCUT2D eigenvalue weighted by molar-refractivity contribution is 0.232. The van der Waals surface area contributed by atoms with Gasteiger partial charge in [-0.15, -0.1) is 10.2 Å². The van der Waals surface area contributed by atoms with Gasteiger partial charge in [-0.3, -0.25) is 0 Å². The Bertz CT molecular complexity index is 448. The van der Waals surface area contributed by atoms with Gasteiger partial charge in [0.15, 0.2) is 5.82 Å². The summed E-state index contributed by atoms with van der Waals surface area (Å²) >= 11 is 1.96. The first-order valence-corrected chi connectivity index (χ1v) is 8.82. The summed E-state index contributed by atoms with van der Waals surface area (Å²) in [4.78, 5) is 12.1. The number of nitrogens with one attached hydrogen (secondary N) is 2. The molecule has 7 heteroatoms. The van der Waals surface area contributed by atoms with Crippen molar-refractivity contribution in [1.82, 2.24) is 25.4 Å². The Morgan fingerprint density at radius 1 is 1.43 bits per heavy atom. The highest BCUT2D eigenvalue weighted by Crippen LogP contribution is 2.28. The van der Waals surface area contributed by atoms with E-state index in [0.717, 1.165) is 24.5 Å². The van der Waals surface area contributed by atoms with Gasteiger partial charge in [0.25, 0.3) is 0 Å². The van der Waals surface area contributed by atoms with Crippen molar-refractivity contribution in [3.8, 4) is 0 Å². The van der Waals surface area contributed by atoms with Crippen molar-refractivity contribution in [3.63, 3.8) is 0 Å². The van der Waals surface area contributed by atoms with Crippen molar-refractivity contribution >= 4 is 17.8 Å². The lowest BCUT2D eigenvalue weighted by Crippen LogP contribution is -2.48. The average Bonchev–Trinajstić information content (AvgIpc) is 2.95. The van der Waals surface area contributed by atoms with Crippen LogP contribution in [0.25, 0.3) is 0 Å². The van der Waals surface area contributed by atoms with Gasteiger partial charge in [0, 0.05) is 17.8 Å². The minimum absolute atomic E-state index is 0.103. The number of aromatic nitrogens is 3. The second kappa shape index (κ2) is 8.26. The number of hydrogen-bond acceptors (Lipinski definition) is 4. The summed E-state index contributed by atoms with van der Waals surface area (Å²) in [7, 11) is 0. The molecule has 21 heavy (non-hydrogen) atoms. The van der Waals surface area contributed by atoms with Crippen molar-refractivity contribution in [1.29, 1.82) is 0 Å². The molecule has 6 nitrogen and oxygen atoms in total. The van der Waals surface area contributed by atoms with Crippen LogP contribution in [0.15, 0.2) is 6.33 Å². The largest absolute Gasteiger partial charge is 0.334 e. The van der Waals surface area contributed by atoms with E-state index in [1.807, 2.05) is 23.3 Å². The maximum Gasteiger partial charge on any atom is 0.315 e. The molecular weight excluding hydrogens is 286 g/mol. The van der Waals surface area contributed by atoms with Crippen LogP contribution < -0.4 is 10.6 Å². The van der Waals surface area contributed by atoms with E-state index in [4.69, 9.17) is 0 Å². The van der Waals surface area contributed by atoms with Gasteiger partial charge in [0.1, 0.15) is 6.33 Å². The second-order valence-electron chi connectivity index (χ2n) is 5.24. The fraction of sp³-hybridized carbons (Fsp3) is 0.786. The molecule has 1 fully saturated rings. The van der Waals surface area contributed by atoms with Crippen molar-refractivity contribution in [2.45, 2.75) is 63.9 Å². The lowest BCUT2D eigenvalue weighted by Gasteiger charge is -2.31. The van der Waals surface area contributed by atoms with E-state index in [9.17, 15) is 4.79 Å². The zero-order valence-corrected chi connectivity index (χ0v) is 13.7. The zero-order chi connectivity index (χ0) is 15.1. The molecule has 0 unspecified atom stereocenters. The smallest absolute Gasteiger partial charge is 0.315 e. The summed E-state index contributed by atoms with van der Waals surface area (Å²) < 4.78 is 1.93. The molecule has 0 aliphatic heterocycles. The van der Waals surface area contributed by atoms with Gasteiger partial charge in [0.05, 0.1) is 6.54 Å². The molecule has 2 rings (SSSR count). The quantitative estimate of drug-likeness (QED) is 0.844. The van der Waals surface area contributed by atoms with E-state index >= 15 is 0 Å². The molecule has 0 spiro atoms. The summed E-state index contributed by atoms with van der Waals surface area (Å²) in [5, 5.41) is 14.4. The summed E-state index contributed by atoms with van der Waals surface area (Å²) in [6.07, 6.45) is 6.45. The topological polar surface area (TPSA) is 71.8 Å². The summed E-state index contributed by atoms with van der Waals surface area (Å²) in [5.41, 5.74) is 0. The van der Waals surface area contributed by atoms with Gasteiger partial charge in [-0.1, -0.05) is 19.8 Å². The molecule has 1 aromatic heterocycles. The third-order valence-electron chi connectivity index (χ3n) is 3.84. The number of nitrogens with zero attached hydrogens (tertiary/aromatic N) is 3. The Kier molecular flexibility index (Phi) is 6.35. The third kappa shape index (κ3) is 4.62. The van der Waals surface area contributed by atoms with Crippen LogP contribution >= 0.6 is 11.8 Å². The van der Waals surface area contributed by atoms with Crippen molar-refractivity contribution in [2.24, 2.45) is 0 Å². The predicted molar refractivity (Wildman–Crippen MR) is 85.2 cm³/mol. The maximum absolute atomic E-state index is 12.1. The maximum atomic E-state index is 12.1. The number of rotatable bonds is 6. The highest BCUT2D eigenvalue weighted by Gasteiger charge is 2.26. The van der Waals surface area contributed by atoms with Gasteiger partial charge in [0.2, 0.25) is 0 Å². The molecule has 2 amide bonds.